The van der Waals surface area contributed by atoms with Crippen molar-refractivity contribution in [1.82, 2.24) is 4.72 Å². The molecular weight excluding hydrogens is 129 g/mol. The molecule has 0 aromatic rings. The van der Waals surface area contributed by atoms with Crippen molar-refractivity contribution in [2.45, 2.75) is 0 Å². The zero-order valence-corrected chi connectivity index (χ0v) is 5.45. The molecule has 1 amide bonds. The number of amides is 1. The normalized spacial score (nSPS) is 10.6. The molecule has 0 bridgehead atoms. The fourth-order valence-corrected chi connectivity index (χ4v) is 0.783. The molecule has 46 valence electrons. The lowest BCUT2D eigenvalue weighted by atomic mass is 10.2. The molecule has 0 aliphatic heterocycles. The van der Waals surface area contributed by atoms with Crippen molar-refractivity contribution >= 4 is 23.7 Å². The summed E-state index contributed by atoms with van der Waals surface area (Å²) >= 11 is 0. The monoisotopic (exact) mass is 135 g/mol. The minimum Gasteiger partial charge on any atom is -0.288 e. The van der Waals surface area contributed by atoms with Gasteiger partial charge in [0, 0.05) is 0 Å². The molecule has 0 aliphatic rings. The first kappa shape index (κ1) is 7.48. The molecule has 0 spiro atoms. The van der Waals surface area contributed by atoms with Crippen LogP contribution >= 0.6 is 0 Å². The van der Waals surface area contributed by atoms with Gasteiger partial charge >= 0.3 is 0 Å². The second-order valence-electron chi connectivity index (χ2n) is 1.43. The van der Waals surface area contributed by atoms with Crippen molar-refractivity contribution in [1.29, 1.82) is 0 Å². The highest BCUT2D eigenvalue weighted by Crippen LogP contribution is 1.70. The number of carbonyl (C=O) groups excluding carboxylic acids is 1. The van der Waals surface area contributed by atoms with Gasteiger partial charge in [-0.3, -0.25) is 9.52 Å². The van der Waals surface area contributed by atoms with E-state index in [9.17, 15) is 13.2 Å². The number of hydrogen-bond acceptors (Lipinski definition) is 3. The highest BCUT2D eigenvalue weighted by Gasteiger charge is 1.99. The molecule has 0 radical (unpaired) electrons. The van der Waals surface area contributed by atoms with Gasteiger partial charge in [-0.05, 0) is 0 Å². The standard InChI is InChI=1S/C2H6BNO3S/c1-8(6,7)4-2(3)5/h3H2,1H3,(H,4,5). The van der Waals surface area contributed by atoms with Crippen molar-refractivity contribution in [2.75, 3.05) is 6.26 Å². The van der Waals surface area contributed by atoms with Crippen molar-refractivity contribution in [3.8, 4) is 0 Å². The molecule has 0 unspecified atom stereocenters. The first-order valence-corrected chi connectivity index (χ1v) is 3.79. The number of rotatable bonds is 1. The van der Waals surface area contributed by atoms with E-state index in [-0.39, 0.29) is 0 Å². The fourth-order valence-electron chi connectivity index (χ4n) is 0.261. The fraction of sp³-hybridized carbons (Fsp3) is 0.500. The van der Waals surface area contributed by atoms with E-state index in [1.807, 2.05) is 0 Å². The van der Waals surface area contributed by atoms with Crippen LogP contribution in [0.5, 0.6) is 0 Å². The molecule has 0 fully saturated rings. The van der Waals surface area contributed by atoms with Crippen LogP contribution in [0.15, 0.2) is 0 Å². The first-order valence-electron chi connectivity index (χ1n) is 1.90. The van der Waals surface area contributed by atoms with E-state index in [4.69, 9.17) is 0 Å². The lowest BCUT2D eigenvalue weighted by molar-refractivity contribution is 0.264. The van der Waals surface area contributed by atoms with E-state index in [1.54, 1.807) is 4.72 Å². The maximum atomic E-state index is 10.1. The van der Waals surface area contributed by atoms with Gasteiger partial charge in [-0.1, -0.05) is 0 Å². The molecule has 0 heterocycles. The number of hydrogen-bond donors (Lipinski definition) is 1. The van der Waals surface area contributed by atoms with Crippen LogP contribution in [0.1, 0.15) is 0 Å². The van der Waals surface area contributed by atoms with Gasteiger partial charge in [0.15, 0.2) is 5.81 Å². The van der Waals surface area contributed by atoms with Crippen LogP contribution in [0.4, 0.5) is 4.79 Å². The quantitative estimate of drug-likeness (QED) is 0.435. The lowest BCUT2D eigenvalue weighted by Crippen LogP contribution is -2.27. The summed E-state index contributed by atoms with van der Waals surface area (Å²) < 4.78 is 21.9. The van der Waals surface area contributed by atoms with Crippen molar-refractivity contribution in [3.05, 3.63) is 0 Å². The number of nitrogens with one attached hydrogen (secondary N) is 1. The smallest absolute Gasteiger partial charge is 0.231 e. The van der Waals surface area contributed by atoms with Crippen LogP contribution in [0, 0.1) is 0 Å². The Morgan fingerprint density at radius 3 is 2.00 bits per heavy atom. The van der Waals surface area contributed by atoms with E-state index in [0.29, 0.717) is 0 Å². The van der Waals surface area contributed by atoms with E-state index >= 15 is 0 Å². The molecule has 1 N–H and O–H groups in total. The second kappa shape index (κ2) is 2.17. The summed E-state index contributed by atoms with van der Waals surface area (Å²) in [4.78, 5) is 9.97. The van der Waals surface area contributed by atoms with Crippen LogP contribution in [-0.4, -0.2) is 28.3 Å². The Labute approximate surface area is 48.7 Å². The molecule has 0 atom stereocenters. The van der Waals surface area contributed by atoms with Crippen molar-refractivity contribution in [2.24, 2.45) is 0 Å². The van der Waals surface area contributed by atoms with Gasteiger partial charge in [0.1, 0.15) is 0 Å². The lowest BCUT2D eigenvalue weighted by Gasteiger charge is -1.93. The third-order valence-electron chi connectivity index (χ3n) is 0.329. The third kappa shape index (κ3) is 5.48. The zero-order chi connectivity index (χ0) is 6.78. The van der Waals surface area contributed by atoms with E-state index in [2.05, 4.69) is 0 Å². The summed E-state index contributed by atoms with van der Waals surface area (Å²) in [6.07, 6.45) is 0.925. The maximum absolute atomic E-state index is 10.1. The summed E-state index contributed by atoms with van der Waals surface area (Å²) in [7, 11) is -2.18. The average Bonchev–Trinajstić information content (AvgIpc) is 1.21. The molecule has 0 saturated carbocycles. The van der Waals surface area contributed by atoms with Crippen molar-refractivity contribution < 1.29 is 13.2 Å². The Morgan fingerprint density at radius 1 is 1.62 bits per heavy atom. The molecule has 8 heavy (non-hydrogen) atoms. The topological polar surface area (TPSA) is 63.2 Å². The largest absolute Gasteiger partial charge is 0.288 e. The Morgan fingerprint density at radius 2 is 2.00 bits per heavy atom. The predicted octanol–water partition coefficient (Wildman–Crippen LogP) is -1.71. The van der Waals surface area contributed by atoms with Gasteiger partial charge in [0.25, 0.3) is 0 Å². The Kier molecular flexibility index (Phi) is 2.03. The maximum Gasteiger partial charge on any atom is 0.231 e. The van der Waals surface area contributed by atoms with Crippen LogP contribution in [0.25, 0.3) is 0 Å². The minimum absolute atomic E-state index is 0.562. The van der Waals surface area contributed by atoms with Crippen LogP contribution < -0.4 is 4.72 Å². The molecule has 0 rings (SSSR count). The SMILES string of the molecule is BC(=O)NS(C)(=O)=O. The summed E-state index contributed by atoms with van der Waals surface area (Å²) in [6, 6.07) is 0. The van der Waals surface area contributed by atoms with Crippen LogP contribution in [-0.2, 0) is 10.0 Å². The summed E-state index contributed by atoms with van der Waals surface area (Å²) in [5, 5.41) is 0. The predicted molar refractivity (Wildman–Crippen MR) is 31.9 cm³/mol. The van der Waals surface area contributed by atoms with Gasteiger partial charge in [0.05, 0.1) is 6.26 Å². The first-order chi connectivity index (χ1) is 3.42. The summed E-state index contributed by atoms with van der Waals surface area (Å²) in [6.45, 7) is 0. The van der Waals surface area contributed by atoms with E-state index in [0.717, 1.165) is 14.1 Å². The highest BCUT2D eigenvalue weighted by atomic mass is 32.2. The molecule has 4 nitrogen and oxygen atoms in total. The molecule has 0 aliphatic carbocycles. The summed E-state index contributed by atoms with van der Waals surface area (Å²) in [5.74, 6) is -0.562. The molecule has 0 aromatic heterocycles. The molecule has 0 saturated heterocycles. The van der Waals surface area contributed by atoms with Gasteiger partial charge in [-0.2, -0.15) is 0 Å². The van der Waals surface area contributed by atoms with Crippen LogP contribution in [0.3, 0.4) is 0 Å². The van der Waals surface area contributed by atoms with Crippen LogP contribution in [0.2, 0.25) is 0 Å². The Balaban J connectivity index is 3.95. The van der Waals surface area contributed by atoms with E-state index in [1.165, 1.54) is 0 Å². The summed E-state index contributed by atoms with van der Waals surface area (Å²) in [5.41, 5.74) is 0. The van der Waals surface area contributed by atoms with E-state index < -0.39 is 15.8 Å². The second-order valence-corrected chi connectivity index (χ2v) is 3.18. The number of sulfonamides is 1. The van der Waals surface area contributed by atoms with Crippen molar-refractivity contribution in [3.63, 3.8) is 0 Å². The van der Waals surface area contributed by atoms with Gasteiger partial charge in [-0.15, -0.1) is 0 Å². The van der Waals surface area contributed by atoms with Gasteiger partial charge < -0.3 is 0 Å². The highest BCUT2D eigenvalue weighted by molar-refractivity contribution is 7.89. The van der Waals surface area contributed by atoms with Gasteiger partial charge in [0.2, 0.25) is 17.9 Å². The zero-order valence-electron chi connectivity index (χ0n) is 4.63. The molecule has 0 aromatic carbocycles. The van der Waals surface area contributed by atoms with Gasteiger partial charge in [-0.25, -0.2) is 8.42 Å². The third-order valence-corrected chi connectivity index (χ3v) is 0.987. The minimum atomic E-state index is -3.32. The Hall–Kier alpha value is -0.515. The number of carbonyl (C=O) groups is 1. The Bertz CT molecular complexity index is 183. The molecular formula is C2H6BNO3S. The molecule has 6 heteroatoms. The average molecular weight is 135 g/mol.